The van der Waals surface area contributed by atoms with Crippen LogP contribution >= 0.6 is 0 Å². The van der Waals surface area contributed by atoms with Crippen molar-refractivity contribution in [1.29, 1.82) is 0 Å². The maximum atomic E-state index is 12.8. The molecule has 0 aromatic rings. The summed E-state index contributed by atoms with van der Waals surface area (Å²) >= 11 is 0. The number of rotatable bonds is 6. The van der Waals surface area contributed by atoms with Crippen LogP contribution in [-0.4, -0.2) is 93.7 Å². The second-order valence-corrected chi connectivity index (χ2v) is 6.42. The summed E-state index contributed by atoms with van der Waals surface area (Å²) in [6, 6.07) is -1.41. The van der Waals surface area contributed by atoms with E-state index in [0.717, 1.165) is 19.4 Å². The molecule has 0 spiro atoms. The van der Waals surface area contributed by atoms with Crippen molar-refractivity contribution in [2.45, 2.75) is 38.1 Å². The van der Waals surface area contributed by atoms with Crippen LogP contribution in [0, 0.1) is 0 Å². The summed E-state index contributed by atoms with van der Waals surface area (Å²) in [5.41, 5.74) is 0. The van der Waals surface area contributed by atoms with Crippen LogP contribution in [0.25, 0.3) is 0 Å². The van der Waals surface area contributed by atoms with Crippen LogP contribution in [0.4, 0.5) is 13.2 Å². The molecular formula is C16H29F3N4O2. The van der Waals surface area contributed by atoms with Gasteiger partial charge >= 0.3 is 6.18 Å². The van der Waals surface area contributed by atoms with E-state index in [1.807, 2.05) is 4.90 Å². The highest BCUT2D eigenvalue weighted by molar-refractivity contribution is 5.79. The monoisotopic (exact) mass is 366 g/mol. The number of halogens is 3. The molecule has 0 aromatic heterocycles. The average molecular weight is 366 g/mol. The lowest BCUT2D eigenvalue weighted by Gasteiger charge is -2.39. The molecule has 2 unspecified atom stereocenters. The zero-order valence-electron chi connectivity index (χ0n) is 15.0. The second-order valence-electron chi connectivity index (χ2n) is 6.42. The first-order valence-corrected chi connectivity index (χ1v) is 8.87. The van der Waals surface area contributed by atoms with Crippen molar-refractivity contribution in [3.63, 3.8) is 0 Å². The average Bonchev–Trinajstić information content (AvgIpc) is 3.10. The van der Waals surface area contributed by atoms with Gasteiger partial charge in [0.05, 0.1) is 19.3 Å². The van der Waals surface area contributed by atoms with Crippen molar-refractivity contribution in [3.05, 3.63) is 0 Å². The number of nitrogens with one attached hydrogen (secondary N) is 1. The van der Waals surface area contributed by atoms with E-state index in [2.05, 4.69) is 10.3 Å². The summed E-state index contributed by atoms with van der Waals surface area (Å²) in [5, 5.41) is 3.21. The van der Waals surface area contributed by atoms with Crippen molar-refractivity contribution in [3.8, 4) is 0 Å². The first-order valence-electron chi connectivity index (χ1n) is 8.87. The predicted molar refractivity (Wildman–Crippen MR) is 89.8 cm³/mol. The van der Waals surface area contributed by atoms with Crippen molar-refractivity contribution in [1.82, 2.24) is 15.1 Å². The molecule has 2 aliphatic heterocycles. The molecule has 2 aliphatic rings. The minimum atomic E-state index is -4.18. The van der Waals surface area contributed by atoms with Gasteiger partial charge in [-0.05, 0) is 19.8 Å². The molecule has 146 valence electrons. The summed E-state index contributed by atoms with van der Waals surface area (Å²) in [5.74, 6) is 0.708. The third-order valence-electron chi connectivity index (χ3n) is 4.70. The summed E-state index contributed by atoms with van der Waals surface area (Å²) < 4.78 is 49.5. The molecule has 2 atom stereocenters. The first-order chi connectivity index (χ1) is 11.9. The molecule has 0 saturated carbocycles. The number of hydrogen-bond acceptors (Lipinski definition) is 4. The minimum absolute atomic E-state index is 0.211. The lowest BCUT2D eigenvalue weighted by molar-refractivity contribution is -0.181. The van der Waals surface area contributed by atoms with Gasteiger partial charge in [-0.1, -0.05) is 0 Å². The molecular weight excluding hydrogens is 337 g/mol. The molecule has 0 aromatic carbocycles. The molecule has 25 heavy (non-hydrogen) atoms. The second kappa shape index (κ2) is 9.59. The van der Waals surface area contributed by atoms with E-state index in [9.17, 15) is 13.2 Å². The number of piperazine rings is 1. The fraction of sp³-hybridized carbons (Fsp3) is 0.938. The summed E-state index contributed by atoms with van der Waals surface area (Å²) in [7, 11) is 1.68. The molecule has 2 rings (SSSR count). The van der Waals surface area contributed by atoms with E-state index in [-0.39, 0.29) is 6.10 Å². The van der Waals surface area contributed by atoms with Gasteiger partial charge in [-0.3, -0.25) is 9.89 Å². The Bertz CT molecular complexity index is 420. The Morgan fingerprint density at radius 1 is 1.32 bits per heavy atom. The summed E-state index contributed by atoms with van der Waals surface area (Å²) in [4.78, 5) is 7.67. The van der Waals surface area contributed by atoms with Crippen molar-refractivity contribution >= 4 is 5.96 Å². The highest BCUT2D eigenvalue weighted by Crippen LogP contribution is 2.25. The quantitative estimate of drug-likeness (QED) is 0.437. The SMILES string of the molecule is CN=C(NCCOCC1CCCO1)N1CCN(C(C)C(F)(F)F)CC1. The Morgan fingerprint density at radius 3 is 2.60 bits per heavy atom. The van der Waals surface area contributed by atoms with Crippen molar-refractivity contribution in [2.24, 2.45) is 4.99 Å². The highest BCUT2D eigenvalue weighted by atomic mass is 19.4. The van der Waals surface area contributed by atoms with Crippen molar-refractivity contribution < 1.29 is 22.6 Å². The molecule has 2 fully saturated rings. The van der Waals surface area contributed by atoms with E-state index < -0.39 is 12.2 Å². The Labute approximate surface area is 147 Å². The third-order valence-corrected chi connectivity index (χ3v) is 4.70. The van der Waals surface area contributed by atoms with Crippen LogP contribution in [0.1, 0.15) is 19.8 Å². The fourth-order valence-corrected chi connectivity index (χ4v) is 3.09. The first kappa shape index (κ1) is 20.3. The van der Waals surface area contributed by atoms with Gasteiger partial charge in [-0.2, -0.15) is 13.2 Å². The molecule has 0 radical (unpaired) electrons. The molecule has 9 heteroatoms. The number of aliphatic imine (C=N–C) groups is 1. The topological polar surface area (TPSA) is 49.3 Å². The summed E-state index contributed by atoms with van der Waals surface area (Å²) in [6.07, 6.45) is -1.82. The Hall–Kier alpha value is -1.06. The van der Waals surface area contributed by atoms with Crippen LogP contribution in [0.5, 0.6) is 0 Å². The number of nitrogens with zero attached hydrogens (tertiary/aromatic N) is 3. The van der Waals surface area contributed by atoms with Gasteiger partial charge < -0.3 is 19.7 Å². The van der Waals surface area contributed by atoms with Gasteiger partial charge in [0.15, 0.2) is 5.96 Å². The number of alkyl halides is 3. The Kier molecular flexibility index (Phi) is 7.77. The van der Waals surface area contributed by atoms with Gasteiger partial charge in [0, 0.05) is 46.4 Å². The van der Waals surface area contributed by atoms with Crippen LogP contribution in [0.15, 0.2) is 4.99 Å². The molecule has 0 amide bonds. The zero-order chi connectivity index (χ0) is 18.3. The predicted octanol–water partition coefficient (Wildman–Crippen LogP) is 1.33. The molecule has 2 saturated heterocycles. The molecule has 6 nitrogen and oxygen atoms in total. The lowest BCUT2D eigenvalue weighted by Crippen LogP contribution is -2.57. The number of ether oxygens (including phenoxy) is 2. The van der Waals surface area contributed by atoms with Gasteiger partial charge in [0.25, 0.3) is 0 Å². The third kappa shape index (κ3) is 6.31. The standard InChI is InChI=1S/C16H29F3N4O2/c1-13(16(17,18)19)22-6-8-23(9-7-22)15(20-2)21-5-11-24-12-14-4-3-10-25-14/h13-14H,3-12H2,1-2H3,(H,20,21). The molecule has 2 heterocycles. The van der Waals surface area contributed by atoms with Crippen LogP contribution in [-0.2, 0) is 9.47 Å². The molecule has 1 N–H and O–H groups in total. The number of guanidine groups is 1. The number of hydrogen-bond donors (Lipinski definition) is 1. The maximum absolute atomic E-state index is 12.8. The van der Waals surface area contributed by atoms with Gasteiger partial charge in [0.1, 0.15) is 6.04 Å². The van der Waals surface area contributed by atoms with Crippen LogP contribution in [0.3, 0.4) is 0 Å². The van der Waals surface area contributed by atoms with E-state index in [4.69, 9.17) is 9.47 Å². The van der Waals surface area contributed by atoms with Crippen LogP contribution in [0.2, 0.25) is 0 Å². The van der Waals surface area contributed by atoms with Gasteiger partial charge in [-0.15, -0.1) is 0 Å². The zero-order valence-corrected chi connectivity index (χ0v) is 15.0. The maximum Gasteiger partial charge on any atom is 0.403 e. The van der Waals surface area contributed by atoms with E-state index in [1.54, 1.807) is 7.05 Å². The lowest BCUT2D eigenvalue weighted by atomic mass is 10.2. The van der Waals surface area contributed by atoms with Gasteiger partial charge in [0.2, 0.25) is 0 Å². The normalized spacial score (nSPS) is 24.6. The van der Waals surface area contributed by atoms with Gasteiger partial charge in [-0.25, -0.2) is 0 Å². The van der Waals surface area contributed by atoms with Crippen molar-refractivity contribution in [2.75, 3.05) is 59.6 Å². The van der Waals surface area contributed by atoms with E-state index in [0.29, 0.717) is 51.9 Å². The van der Waals surface area contributed by atoms with E-state index >= 15 is 0 Å². The Morgan fingerprint density at radius 2 is 2.04 bits per heavy atom. The van der Waals surface area contributed by atoms with E-state index in [1.165, 1.54) is 11.8 Å². The fourth-order valence-electron chi connectivity index (χ4n) is 3.09. The van der Waals surface area contributed by atoms with Crippen LogP contribution < -0.4 is 5.32 Å². The Balaban J connectivity index is 1.64. The minimum Gasteiger partial charge on any atom is -0.377 e. The molecule has 0 aliphatic carbocycles. The summed E-state index contributed by atoms with van der Waals surface area (Å²) in [6.45, 7) is 5.59. The smallest absolute Gasteiger partial charge is 0.377 e. The molecule has 0 bridgehead atoms. The highest BCUT2D eigenvalue weighted by Gasteiger charge is 2.41. The largest absolute Gasteiger partial charge is 0.403 e.